The lowest BCUT2D eigenvalue weighted by molar-refractivity contribution is 0.0981. The third-order valence-corrected chi connectivity index (χ3v) is 5.77. The Morgan fingerprint density at radius 2 is 1.85 bits per heavy atom. The summed E-state index contributed by atoms with van der Waals surface area (Å²) in [5.41, 5.74) is 4.41. The van der Waals surface area contributed by atoms with Crippen LogP contribution in [-0.4, -0.2) is 29.9 Å². The monoisotopic (exact) mass is 348 g/mol. The highest BCUT2D eigenvalue weighted by atomic mass is 16.2. The molecule has 2 atom stereocenters. The highest BCUT2D eigenvalue weighted by molar-refractivity contribution is 6.07. The third kappa shape index (κ3) is 3.41. The van der Waals surface area contributed by atoms with E-state index in [2.05, 4.69) is 49.1 Å². The van der Waals surface area contributed by atoms with Crippen LogP contribution in [0.15, 0.2) is 48.5 Å². The first-order valence-corrected chi connectivity index (χ1v) is 9.84. The second-order valence-corrected chi connectivity index (χ2v) is 8.04. The van der Waals surface area contributed by atoms with Crippen molar-refractivity contribution in [2.24, 2.45) is 5.92 Å². The van der Waals surface area contributed by atoms with Gasteiger partial charge in [-0.15, -0.1) is 0 Å². The molecular weight excluding hydrogens is 320 g/mol. The van der Waals surface area contributed by atoms with Gasteiger partial charge in [0, 0.05) is 30.4 Å². The normalized spacial score (nSPS) is 23.1. The number of fused-ring (bicyclic) bond motifs is 1. The van der Waals surface area contributed by atoms with Crippen molar-refractivity contribution in [1.82, 2.24) is 4.90 Å². The van der Waals surface area contributed by atoms with Gasteiger partial charge >= 0.3 is 0 Å². The molecule has 3 nitrogen and oxygen atoms in total. The Hall–Kier alpha value is -2.13. The van der Waals surface area contributed by atoms with Crippen LogP contribution in [0.25, 0.3) is 0 Å². The largest absolute Gasteiger partial charge is 0.305 e. The molecule has 2 aromatic rings. The Morgan fingerprint density at radius 1 is 1.08 bits per heavy atom. The number of rotatable bonds is 3. The van der Waals surface area contributed by atoms with E-state index < -0.39 is 0 Å². The Morgan fingerprint density at radius 3 is 2.62 bits per heavy atom. The summed E-state index contributed by atoms with van der Waals surface area (Å²) in [4.78, 5) is 17.6. The van der Waals surface area contributed by atoms with Crippen LogP contribution in [0.4, 0.5) is 5.69 Å². The first kappa shape index (κ1) is 17.3. The van der Waals surface area contributed by atoms with E-state index in [1.807, 2.05) is 23.1 Å². The van der Waals surface area contributed by atoms with Crippen molar-refractivity contribution in [2.45, 2.75) is 45.7 Å². The molecule has 3 heteroatoms. The quantitative estimate of drug-likeness (QED) is 0.815. The Kier molecular flexibility index (Phi) is 4.82. The zero-order valence-corrected chi connectivity index (χ0v) is 15.8. The molecule has 1 saturated heterocycles. The van der Waals surface area contributed by atoms with Crippen molar-refractivity contribution >= 4 is 11.6 Å². The van der Waals surface area contributed by atoms with Gasteiger partial charge in [0.25, 0.3) is 5.91 Å². The third-order valence-electron chi connectivity index (χ3n) is 5.77. The summed E-state index contributed by atoms with van der Waals surface area (Å²) in [5.74, 6) is 0.905. The van der Waals surface area contributed by atoms with Gasteiger partial charge in [-0.2, -0.15) is 0 Å². The lowest BCUT2D eigenvalue weighted by atomic mass is 9.99. The van der Waals surface area contributed by atoms with Crippen LogP contribution in [0.3, 0.4) is 0 Å². The first-order chi connectivity index (χ1) is 12.6. The number of carbonyl (C=O) groups is 1. The van der Waals surface area contributed by atoms with E-state index >= 15 is 0 Å². The van der Waals surface area contributed by atoms with Crippen molar-refractivity contribution in [3.63, 3.8) is 0 Å². The molecule has 0 saturated carbocycles. The van der Waals surface area contributed by atoms with Crippen LogP contribution in [0, 0.1) is 5.92 Å². The van der Waals surface area contributed by atoms with Gasteiger partial charge in [-0.05, 0) is 68.0 Å². The summed E-state index contributed by atoms with van der Waals surface area (Å²) in [6, 6.07) is 16.7. The minimum Gasteiger partial charge on any atom is -0.305 e. The van der Waals surface area contributed by atoms with Gasteiger partial charge in [0.1, 0.15) is 0 Å². The van der Waals surface area contributed by atoms with Crippen molar-refractivity contribution in [3.05, 3.63) is 65.2 Å². The molecule has 136 valence electrons. The standard InChI is InChI=1S/C23H28N2O/c1-17-6-5-13-24(15-17)16-19-9-11-20(12-10-19)23(26)25-18(2)14-21-7-3-4-8-22(21)25/h3-4,7-12,17-18H,5-6,13-16H2,1-2H3/t17-,18-/m1/s1. The smallest absolute Gasteiger partial charge is 0.258 e. The van der Waals surface area contributed by atoms with Gasteiger partial charge in [-0.25, -0.2) is 0 Å². The number of para-hydroxylation sites is 1. The summed E-state index contributed by atoms with van der Waals surface area (Å²) in [7, 11) is 0. The van der Waals surface area contributed by atoms with E-state index in [4.69, 9.17) is 0 Å². The molecule has 2 aliphatic rings. The lowest BCUT2D eigenvalue weighted by Crippen LogP contribution is -2.35. The molecule has 1 fully saturated rings. The van der Waals surface area contributed by atoms with Crippen molar-refractivity contribution < 1.29 is 4.79 Å². The fourth-order valence-corrected chi connectivity index (χ4v) is 4.46. The number of piperidine rings is 1. The predicted octanol–water partition coefficient (Wildman–Crippen LogP) is 4.51. The van der Waals surface area contributed by atoms with E-state index in [9.17, 15) is 4.79 Å². The molecule has 0 radical (unpaired) electrons. The van der Waals surface area contributed by atoms with Crippen LogP contribution >= 0.6 is 0 Å². The number of nitrogens with zero attached hydrogens (tertiary/aromatic N) is 2. The molecule has 2 aromatic carbocycles. The molecule has 0 N–H and O–H groups in total. The summed E-state index contributed by atoms with van der Waals surface area (Å²) in [5, 5.41) is 0. The number of hydrogen-bond acceptors (Lipinski definition) is 2. The average Bonchev–Trinajstić information content (AvgIpc) is 2.97. The Bertz CT molecular complexity index is 783. The number of likely N-dealkylation sites (tertiary alicyclic amines) is 1. The number of hydrogen-bond donors (Lipinski definition) is 0. The number of amides is 1. The molecular formula is C23H28N2O. The minimum atomic E-state index is 0.112. The van der Waals surface area contributed by atoms with Crippen LogP contribution in [-0.2, 0) is 13.0 Å². The second-order valence-electron chi connectivity index (χ2n) is 8.04. The van der Waals surface area contributed by atoms with Crippen molar-refractivity contribution in [2.75, 3.05) is 18.0 Å². The first-order valence-electron chi connectivity index (χ1n) is 9.84. The summed E-state index contributed by atoms with van der Waals surface area (Å²) in [6.45, 7) is 7.82. The Balaban J connectivity index is 1.47. The average molecular weight is 348 g/mol. The molecule has 0 spiro atoms. The van der Waals surface area contributed by atoms with Gasteiger partial charge in [-0.3, -0.25) is 9.69 Å². The maximum Gasteiger partial charge on any atom is 0.258 e. The van der Waals surface area contributed by atoms with Crippen molar-refractivity contribution in [1.29, 1.82) is 0 Å². The molecule has 0 aliphatic carbocycles. The molecule has 4 rings (SSSR count). The van der Waals surface area contributed by atoms with Gasteiger partial charge in [0.2, 0.25) is 0 Å². The fraction of sp³-hybridized carbons (Fsp3) is 0.435. The van der Waals surface area contributed by atoms with Crippen molar-refractivity contribution in [3.8, 4) is 0 Å². The molecule has 26 heavy (non-hydrogen) atoms. The number of carbonyl (C=O) groups excluding carboxylic acids is 1. The molecule has 2 heterocycles. The van der Waals surface area contributed by atoms with Gasteiger partial charge < -0.3 is 4.90 Å². The molecule has 2 aliphatic heterocycles. The summed E-state index contributed by atoms with van der Waals surface area (Å²) >= 11 is 0. The Labute approximate surface area is 156 Å². The number of anilines is 1. The van der Waals surface area contributed by atoms with E-state index in [-0.39, 0.29) is 11.9 Å². The maximum atomic E-state index is 13.1. The molecule has 0 aromatic heterocycles. The maximum absolute atomic E-state index is 13.1. The minimum absolute atomic E-state index is 0.112. The highest BCUT2D eigenvalue weighted by Gasteiger charge is 2.31. The highest BCUT2D eigenvalue weighted by Crippen LogP contribution is 2.33. The van der Waals surface area contributed by atoms with Gasteiger partial charge in [0.05, 0.1) is 0 Å². The van der Waals surface area contributed by atoms with E-state index in [1.54, 1.807) is 0 Å². The topological polar surface area (TPSA) is 23.6 Å². The summed E-state index contributed by atoms with van der Waals surface area (Å²) < 4.78 is 0. The van der Waals surface area contributed by atoms with Crippen LogP contribution < -0.4 is 4.90 Å². The molecule has 0 bridgehead atoms. The predicted molar refractivity (Wildman–Crippen MR) is 107 cm³/mol. The van der Waals surface area contributed by atoms with Gasteiger partial charge in [-0.1, -0.05) is 37.3 Å². The second kappa shape index (κ2) is 7.24. The van der Waals surface area contributed by atoms with E-state index in [0.29, 0.717) is 0 Å². The lowest BCUT2D eigenvalue weighted by Gasteiger charge is -2.30. The van der Waals surface area contributed by atoms with E-state index in [0.717, 1.165) is 30.1 Å². The van der Waals surface area contributed by atoms with E-state index in [1.165, 1.54) is 37.1 Å². The fourth-order valence-electron chi connectivity index (χ4n) is 4.46. The SMILES string of the molecule is C[C@@H]1CCCN(Cc2ccc(C(=O)N3c4ccccc4C[C@H]3C)cc2)C1. The van der Waals surface area contributed by atoms with Crippen LogP contribution in [0.1, 0.15) is 48.2 Å². The molecule has 0 unspecified atom stereocenters. The molecule has 1 amide bonds. The summed E-state index contributed by atoms with van der Waals surface area (Å²) in [6.07, 6.45) is 3.58. The zero-order chi connectivity index (χ0) is 18.1. The zero-order valence-electron chi connectivity index (χ0n) is 15.8. The van der Waals surface area contributed by atoms with Crippen LogP contribution in [0.5, 0.6) is 0 Å². The van der Waals surface area contributed by atoms with Crippen LogP contribution in [0.2, 0.25) is 0 Å². The number of benzene rings is 2. The van der Waals surface area contributed by atoms with Gasteiger partial charge in [0.15, 0.2) is 0 Å².